The van der Waals surface area contributed by atoms with Crippen LogP contribution in [0.1, 0.15) is 38.2 Å². The first kappa shape index (κ1) is 13.9. The number of hydrogen-bond acceptors (Lipinski definition) is 3. The number of nitrogens with zero attached hydrogens (tertiary/aromatic N) is 1. The maximum Gasteiger partial charge on any atom is 0.260 e. The maximum absolute atomic E-state index is 12.2. The van der Waals surface area contributed by atoms with E-state index in [2.05, 4.69) is 0 Å². The number of benzene rings is 1. The number of alkyl halides is 1. The zero-order valence-corrected chi connectivity index (χ0v) is 12.5. The summed E-state index contributed by atoms with van der Waals surface area (Å²) in [6.07, 6.45) is 1.86. The Hall–Kier alpha value is -2.07. The first-order valence-electron chi connectivity index (χ1n) is 6.60. The fourth-order valence-electron chi connectivity index (χ4n) is 2.47. The van der Waals surface area contributed by atoms with Gasteiger partial charge in [-0.05, 0) is 30.2 Å². The third kappa shape index (κ3) is 2.36. The number of imide groups is 1. The van der Waals surface area contributed by atoms with Crippen molar-refractivity contribution in [2.24, 2.45) is 0 Å². The van der Waals surface area contributed by atoms with Gasteiger partial charge in [0.05, 0.1) is 18.1 Å². The fraction of sp³-hybridized carbons (Fsp3) is 0.250. The summed E-state index contributed by atoms with van der Waals surface area (Å²) in [5.74, 6) is 0.318. The second kappa shape index (κ2) is 5.04. The second-order valence-corrected chi connectivity index (χ2v) is 5.64. The molecule has 2 amide bonds. The summed E-state index contributed by atoms with van der Waals surface area (Å²) in [7, 11) is 1.50. The van der Waals surface area contributed by atoms with Crippen LogP contribution in [0.3, 0.4) is 0 Å². The molecule has 4 nitrogen and oxygen atoms in total. The van der Waals surface area contributed by atoms with Gasteiger partial charge in [0.2, 0.25) is 5.91 Å². The largest absolute Gasteiger partial charge is 0.469 e. The zero-order chi connectivity index (χ0) is 15.1. The maximum atomic E-state index is 12.2. The number of carbonyl (C=O) groups excluding carboxylic acids is 2. The third-order valence-corrected chi connectivity index (χ3v) is 4.22. The standard InChI is InChI=1S/C16H14ClNO3/c1-9-5-12(8-21-9)15(17)11-4-3-10-7-14(19)18(2)16(20)13(10)6-11/h3-6,8,15H,7H2,1-2H3. The van der Waals surface area contributed by atoms with E-state index in [4.69, 9.17) is 16.0 Å². The third-order valence-electron chi connectivity index (χ3n) is 3.72. The lowest BCUT2D eigenvalue weighted by atomic mass is 9.94. The normalized spacial score (nSPS) is 16.0. The summed E-state index contributed by atoms with van der Waals surface area (Å²) >= 11 is 6.45. The molecule has 0 saturated carbocycles. The van der Waals surface area contributed by atoms with Crippen molar-refractivity contribution in [2.75, 3.05) is 7.05 Å². The van der Waals surface area contributed by atoms with Crippen molar-refractivity contribution >= 4 is 23.4 Å². The Morgan fingerprint density at radius 2 is 2.00 bits per heavy atom. The molecule has 1 aliphatic heterocycles. The van der Waals surface area contributed by atoms with E-state index in [0.29, 0.717) is 5.56 Å². The minimum absolute atomic E-state index is 0.187. The van der Waals surface area contributed by atoms with E-state index in [1.165, 1.54) is 7.05 Å². The van der Waals surface area contributed by atoms with E-state index in [9.17, 15) is 9.59 Å². The molecule has 0 saturated heterocycles. The topological polar surface area (TPSA) is 50.5 Å². The van der Waals surface area contributed by atoms with E-state index in [1.807, 2.05) is 19.1 Å². The van der Waals surface area contributed by atoms with Crippen LogP contribution in [-0.4, -0.2) is 23.8 Å². The van der Waals surface area contributed by atoms with E-state index >= 15 is 0 Å². The molecule has 0 N–H and O–H groups in total. The molecule has 2 aromatic rings. The van der Waals surface area contributed by atoms with E-state index in [0.717, 1.165) is 27.4 Å². The molecule has 1 unspecified atom stereocenters. The highest BCUT2D eigenvalue weighted by atomic mass is 35.5. The van der Waals surface area contributed by atoms with E-state index in [1.54, 1.807) is 18.4 Å². The molecule has 21 heavy (non-hydrogen) atoms. The lowest BCUT2D eigenvalue weighted by Gasteiger charge is -2.24. The van der Waals surface area contributed by atoms with Crippen LogP contribution in [0.15, 0.2) is 34.9 Å². The van der Waals surface area contributed by atoms with Gasteiger partial charge in [-0.15, -0.1) is 11.6 Å². The summed E-state index contributed by atoms with van der Waals surface area (Å²) in [6.45, 7) is 1.85. The molecule has 3 rings (SSSR count). The van der Waals surface area contributed by atoms with Crippen molar-refractivity contribution in [3.05, 3.63) is 58.5 Å². The van der Waals surface area contributed by atoms with Crippen LogP contribution in [-0.2, 0) is 11.2 Å². The van der Waals surface area contributed by atoms with Gasteiger partial charge in [0.15, 0.2) is 0 Å². The number of carbonyl (C=O) groups is 2. The fourth-order valence-corrected chi connectivity index (χ4v) is 2.72. The van der Waals surface area contributed by atoms with Gasteiger partial charge in [0.25, 0.3) is 5.91 Å². The average molecular weight is 304 g/mol. The quantitative estimate of drug-likeness (QED) is 0.633. The van der Waals surface area contributed by atoms with Gasteiger partial charge in [0.1, 0.15) is 5.76 Å². The van der Waals surface area contributed by atoms with Crippen LogP contribution in [0.25, 0.3) is 0 Å². The number of fused-ring (bicyclic) bond motifs is 1. The molecular formula is C16H14ClNO3. The Morgan fingerprint density at radius 1 is 1.24 bits per heavy atom. The summed E-state index contributed by atoms with van der Waals surface area (Å²) in [6, 6.07) is 7.29. The van der Waals surface area contributed by atoms with Crippen LogP contribution in [0, 0.1) is 6.92 Å². The van der Waals surface area contributed by atoms with Crippen molar-refractivity contribution in [3.63, 3.8) is 0 Å². The van der Waals surface area contributed by atoms with Crippen LogP contribution in [0.4, 0.5) is 0 Å². The van der Waals surface area contributed by atoms with Gasteiger partial charge in [-0.1, -0.05) is 12.1 Å². The zero-order valence-electron chi connectivity index (χ0n) is 11.7. The number of halogens is 1. The molecule has 108 valence electrons. The van der Waals surface area contributed by atoms with Gasteiger partial charge in [-0.3, -0.25) is 14.5 Å². The SMILES string of the molecule is Cc1cc(C(Cl)c2ccc3c(c2)C(=O)N(C)C(=O)C3)co1. The van der Waals surface area contributed by atoms with E-state index < -0.39 is 0 Å². The molecular weight excluding hydrogens is 290 g/mol. The molecule has 0 radical (unpaired) electrons. The summed E-state index contributed by atoms with van der Waals surface area (Å²) in [5, 5.41) is -0.386. The predicted octanol–water partition coefficient (Wildman–Crippen LogP) is 3.07. The van der Waals surface area contributed by atoms with Crippen LogP contribution < -0.4 is 0 Å². The van der Waals surface area contributed by atoms with Crippen LogP contribution >= 0.6 is 11.6 Å². The van der Waals surface area contributed by atoms with Crippen molar-refractivity contribution in [3.8, 4) is 0 Å². The summed E-state index contributed by atoms with van der Waals surface area (Å²) in [4.78, 5) is 25.0. The van der Waals surface area contributed by atoms with Gasteiger partial charge >= 0.3 is 0 Å². The number of hydrogen-bond donors (Lipinski definition) is 0. The highest BCUT2D eigenvalue weighted by molar-refractivity contribution is 6.22. The first-order chi connectivity index (χ1) is 9.97. The van der Waals surface area contributed by atoms with Crippen LogP contribution in [0.5, 0.6) is 0 Å². The van der Waals surface area contributed by atoms with Crippen LogP contribution in [0.2, 0.25) is 0 Å². The highest BCUT2D eigenvalue weighted by Gasteiger charge is 2.28. The Balaban J connectivity index is 2.00. The Bertz CT molecular complexity index is 735. The molecule has 2 heterocycles. The monoisotopic (exact) mass is 303 g/mol. The molecule has 1 aromatic heterocycles. The van der Waals surface area contributed by atoms with Gasteiger partial charge in [-0.2, -0.15) is 0 Å². The van der Waals surface area contributed by atoms with E-state index in [-0.39, 0.29) is 23.6 Å². The molecule has 1 aromatic carbocycles. The highest BCUT2D eigenvalue weighted by Crippen LogP contribution is 2.32. The van der Waals surface area contributed by atoms with Crippen molar-refractivity contribution in [2.45, 2.75) is 18.7 Å². The molecule has 0 aliphatic carbocycles. The molecule has 5 heteroatoms. The summed E-state index contributed by atoms with van der Waals surface area (Å²) in [5.41, 5.74) is 2.95. The minimum Gasteiger partial charge on any atom is -0.469 e. The average Bonchev–Trinajstić information content (AvgIpc) is 2.90. The van der Waals surface area contributed by atoms with Crippen molar-refractivity contribution in [1.82, 2.24) is 4.90 Å². The lowest BCUT2D eigenvalue weighted by Crippen LogP contribution is -2.39. The molecule has 0 fully saturated rings. The molecule has 1 aliphatic rings. The Morgan fingerprint density at radius 3 is 2.67 bits per heavy atom. The Kier molecular flexibility index (Phi) is 3.33. The predicted molar refractivity (Wildman–Crippen MR) is 78.4 cm³/mol. The number of amides is 2. The Labute approximate surface area is 127 Å². The second-order valence-electron chi connectivity index (χ2n) is 5.20. The number of aryl methyl sites for hydroxylation is 1. The summed E-state index contributed by atoms with van der Waals surface area (Å²) < 4.78 is 5.27. The van der Waals surface area contributed by atoms with Crippen molar-refractivity contribution in [1.29, 1.82) is 0 Å². The molecule has 0 spiro atoms. The smallest absolute Gasteiger partial charge is 0.260 e. The molecule has 1 atom stereocenters. The van der Waals surface area contributed by atoms with Gasteiger partial charge in [-0.25, -0.2) is 0 Å². The lowest BCUT2D eigenvalue weighted by molar-refractivity contribution is -0.127. The number of rotatable bonds is 2. The molecule has 0 bridgehead atoms. The van der Waals surface area contributed by atoms with Crippen molar-refractivity contribution < 1.29 is 14.0 Å². The number of likely N-dealkylation sites (N-methyl/N-ethyl adjacent to an activating group) is 1. The number of furan rings is 1. The van der Waals surface area contributed by atoms with Gasteiger partial charge in [0, 0.05) is 18.2 Å². The van der Waals surface area contributed by atoms with Gasteiger partial charge < -0.3 is 4.42 Å². The minimum atomic E-state index is -0.386. The first-order valence-corrected chi connectivity index (χ1v) is 7.04.